The molecule has 2 fully saturated rings. The molecule has 0 bridgehead atoms. The van der Waals surface area contributed by atoms with Crippen LogP contribution in [0.5, 0.6) is 0 Å². The Kier molecular flexibility index (Phi) is 5.73. The fourth-order valence-electron chi connectivity index (χ4n) is 3.25. The topological polar surface area (TPSA) is 64.7 Å². The molecule has 24 heavy (non-hydrogen) atoms. The molecule has 0 aromatic carbocycles. The summed E-state index contributed by atoms with van der Waals surface area (Å²) in [6, 6.07) is 4.15. The van der Waals surface area contributed by atoms with Gasteiger partial charge in [-0.2, -0.15) is 0 Å². The number of carbonyl (C=O) groups excluding carboxylic acids is 2. The van der Waals surface area contributed by atoms with Crippen molar-refractivity contribution in [1.82, 2.24) is 20.4 Å². The van der Waals surface area contributed by atoms with Crippen molar-refractivity contribution in [2.75, 3.05) is 39.3 Å². The fraction of sp³-hybridized carbons (Fsp3) is 0.647. The van der Waals surface area contributed by atoms with E-state index < -0.39 is 0 Å². The van der Waals surface area contributed by atoms with Gasteiger partial charge in [0.2, 0.25) is 0 Å². The van der Waals surface area contributed by atoms with Crippen LogP contribution in [0.15, 0.2) is 12.1 Å². The summed E-state index contributed by atoms with van der Waals surface area (Å²) in [5.74, 6) is 0.0861. The van der Waals surface area contributed by atoms with Crippen LogP contribution in [0.2, 0.25) is 0 Å². The summed E-state index contributed by atoms with van der Waals surface area (Å²) in [6.07, 6.45) is 3.13. The summed E-state index contributed by atoms with van der Waals surface area (Å²) in [5, 5.41) is 6.51. The van der Waals surface area contributed by atoms with Crippen LogP contribution in [0, 0.1) is 6.92 Å². The third kappa shape index (κ3) is 4.27. The molecule has 0 saturated carbocycles. The van der Waals surface area contributed by atoms with Gasteiger partial charge in [0.1, 0.15) is 0 Å². The van der Waals surface area contributed by atoms with Crippen LogP contribution in [0.25, 0.3) is 0 Å². The number of carbonyl (C=O) groups is 2. The second-order valence-electron chi connectivity index (χ2n) is 6.52. The van der Waals surface area contributed by atoms with Crippen molar-refractivity contribution < 1.29 is 9.59 Å². The number of nitrogens with zero attached hydrogens (tertiary/aromatic N) is 2. The number of thiophene rings is 1. The number of hydrogen-bond donors (Lipinski definition) is 2. The summed E-state index contributed by atoms with van der Waals surface area (Å²) < 4.78 is 0. The fourth-order valence-corrected chi connectivity index (χ4v) is 4.08. The first kappa shape index (κ1) is 17.2. The zero-order valence-electron chi connectivity index (χ0n) is 14.2. The number of rotatable bonds is 2. The molecule has 7 heteroatoms. The molecule has 1 atom stereocenters. The maximum atomic E-state index is 12.5. The molecule has 2 saturated heterocycles. The Labute approximate surface area is 147 Å². The molecular weight excluding hydrogens is 324 g/mol. The van der Waals surface area contributed by atoms with E-state index in [4.69, 9.17) is 0 Å². The lowest BCUT2D eigenvalue weighted by Crippen LogP contribution is -2.54. The number of urea groups is 1. The van der Waals surface area contributed by atoms with Gasteiger partial charge < -0.3 is 20.4 Å². The third-order valence-corrected chi connectivity index (χ3v) is 5.70. The van der Waals surface area contributed by atoms with Crippen LogP contribution in [0.3, 0.4) is 0 Å². The molecule has 1 unspecified atom stereocenters. The monoisotopic (exact) mass is 350 g/mol. The average Bonchev–Trinajstić information content (AvgIpc) is 2.87. The highest BCUT2D eigenvalue weighted by Crippen LogP contribution is 2.18. The van der Waals surface area contributed by atoms with Crippen molar-refractivity contribution in [3.63, 3.8) is 0 Å². The third-order valence-electron chi connectivity index (χ3n) is 4.71. The standard InChI is InChI=1S/C17H26N4O2S/c1-13-4-5-15(24-13)16(22)20-9-11-21(12-10-20)17(23)19-14-3-2-7-18-8-6-14/h4-5,14,18H,2-3,6-12H2,1H3,(H,19,23). The van der Waals surface area contributed by atoms with Crippen LogP contribution < -0.4 is 10.6 Å². The Bertz CT molecular complexity index is 573. The van der Waals surface area contributed by atoms with Crippen molar-refractivity contribution in [2.45, 2.75) is 32.2 Å². The molecule has 0 spiro atoms. The lowest BCUT2D eigenvalue weighted by atomic mass is 10.1. The van der Waals surface area contributed by atoms with Gasteiger partial charge >= 0.3 is 6.03 Å². The summed E-state index contributed by atoms with van der Waals surface area (Å²) in [4.78, 5) is 30.5. The minimum absolute atomic E-state index is 0.0148. The lowest BCUT2D eigenvalue weighted by Gasteiger charge is -2.35. The van der Waals surface area contributed by atoms with E-state index >= 15 is 0 Å². The Morgan fingerprint density at radius 3 is 2.58 bits per heavy atom. The van der Waals surface area contributed by atoms with E-state index in [9.17, 15) is 9.59 Å². The number of hydrogen-bond acceptors (Lipinski definition) is 4. The summed E-state index contributed by atoms with van der Waals surface area (Å²) >= 11 is 1.53. The molecule has 0 aliphatic carbocycles. The van der Waals surface area contributed by atoms with Crippen molar-refractivity contribution in [1.29, 1.82) is 0 Å². The van der Waals surface area contributed by atoms with Gasteiger partial charge in [-0.05, 0) is 51.4 Å². The van der Waals surface area contributed by atoms with E-state index in [1.54, 1.807) is 0 Å². The molecule has 3 amide bonds. The van der Waals surface area contributed by atoms with E-state index in [1.807, 2.05) is 28.9 Å². The van der Waals surface area contributed by atoms with E-state index in [0.29, 0.717) is 26.2 Å². The maximum absolute atomic E-state index is 12.5. The maximum Gasteiger partial charge on any atom is 0.317 e. The second-order valence-corrected chi connectivity index (χ2v) is 7.80. The molecule has 0 radical (unpaired) electrons. The number of piperazine rings is 1. The SMILES string of the molecule is Cc1ccc(C(=O)N2CCN(C(=O)NC3CCCNCC3)CC2)s1. The zero-order chi connectivity index (χ0) is 16.9. The highest BCUT2D eigenvalue weighted by atomic mass is 32.1. The van der Waals surface area contributed by atoms with Crippen LogP contribution >= 0.6 is 11.3 Å². The molecule has 1 aromatic heterocycles. The van der Waals surface area contributed by atoms with Gasteiger partial charge in [0.05, 0.1) is 4.88 Å². The predicted molar refractivity (Wildman–Crippen MR) is 95.6 cm³/mol. The van der Waals surface area contributed by atoms with Crippen LogP contribution in [-0.4, -0.2) is 67.0 Å². The van der Waals surface area contributed by atoms with Gasteiger partial charge in [-0.15, -0.1) is 11.3 Å². The normalized spacial score (nSPS) is 22.1. The summed E-state index contributed by atoms with van der Waals surface area (Å²) in [5.41, 5.74) is 0. The van der Waals surface area contributed by atoms with Gasteiger partial charge in [-0.3, -0.25) is 4.79 Å². The highest BCUT2D eigenvalue weighted by molar-refractivity contribution is 7.13. The van der Waals surface area contributed by atoms with Gasteiger partial charge in [-0.25, -0.2) is 4.79 Å². The molecular formula is C17H26N4O2S. The molecule has 6 nitrogen and oxygen atoms in total. The molecule has 1 aromatic rings. The molecule has 2 aliphatic rings. The molecule has 3 rings (SSSR count). The quantitative estimate of drug-likeness (QED) is 0.853. The first-order valence-corrected chi connectivity index (χ1v) is 9.57. The first-order valence-electron chi connectivity index (χ1n) is 8.75. The molecule has 2 N–H and O–H groups in total. The average molecular weight is 350 g/mol. The molecule has 132 valence electrons. The van der Waals surface area contributed by atoms with Crippen LogP contribution in [0.1, 0.15) is 33.8 Å². The highest BCUT2D eigenvalue weighted by Gasteiger charge is 2.26. The van der Waals surface area contributed by atoms with Crippen molar-refractivity contribution in [2.24, 2.45) is 0 Å². The van der Waals surface area contributed by atoms with Gasteiger partial charge in [0.15, 0.2) is 0 Å². The van der Waals surface area contributed by atoms with Crippen LogP contribution in [-0.2, 0) is 0 Å². The molecule has 2 aliphatic heterocycles. The minimum Gasteiger partial charge on any atom is -0.335 e. The number of nitrogens with one attached hydrogen (secondary N) is 2. The van der Waals surface area contributed by atoms with E-state index in [0.717, 1.165) is 42.1 Å². The van der Waals surface area contributed by atoms with Crippen molar-refractivity contribution in [3.8, 4) is 0 Å². The lowest BCUT2D eigenvalue weighted by molar-refractivity contribution is 0.0668. The second kappa shape index (κ2) is 7.98. The van der Waals surface area contributed by atoms with Gasteiger partial charge in [0.25, 0.3) is 5.91 Å². The van der Waals surface area contributed by atoms with Crippen molar-refractivity contribution >= 4 is 23.3 Å². The van der Waals surface area contributed by atoms with Crippen molar-refractivity contribution in [3.05, 3.63) is 21.9 Å². The zero-order valence-corrected chi connectivity index (χ0v) is 15.0. The minimum atomic E-state index is 0.0148. The number of amides is 3. The van der Waals surface area contributed by atoms with E-state index in [1.165, 1.54) is 11.3 Å². The smallest absolute Gasteiger partial charge is 0.317 e. The Morgan fingerprint density at radius 2 is 1.88 bits per heavy atom. The predicted octanol–water partition coefficient (Wildman–Crippen LogP) is 1.67. The molecule has 3 heterocycles. The van der Waals surface area contributed by atoms with Crippen LogP contribution in [0.4, 0.5) is 4.79 Å². The largest absolute Gasteiger partial charge is 0.335 e. The summed E-state index contributed by atoms with van der Waals surface area (Å²) in [6.45, 7) is 6.43. The summed E-state index contributed by atoms with van der Waals surface area (Å²) in [7, 11) is 0. The first-order chi connectivity index (χ1) is 11.6. The van der Waals surface area contributed by atoms with E-state index in [-0.39, 0.29) is 18.0 Å². The van der Waals surface area contributed by atoms with Gasteiger partial charge in [0, 0.05) is 37.1 Å². The van der Waals surface area contributed by atoms with Gasteiger partial charge in [-0.1, -0.05) is 0 Å². The Hall–Kier alpha value is -1.60. The van der Waals surface area contributed by atoms with E-state index in [2.05, 4.69) is 10.6 Å². The number of aryl methyl sites for hydroxylation is 1. The Morgan fingerprint density at radius 1 is 1.12 bits per heavy atom. The Balaban J connectivity index is 1.47.